The second kappa shape index (κ2) is 7.56. The van der Waals surface area contributed by atoms with Crippen molar-refractivity contribution in [3.8, 4) is 0 Å². The maximum Gasteiger partial charge on any atom is 0.407 e. The normalized spacial score (nSPS) is 29.8. The van der Waals surface area contributed by atoms with Crippen molar-refractivity contribution in [1.29, 1.82) is 0 Å². The van der Waals surface area contributed by atoms with E-state index in [1.165, 1.54) is 0 Å². The van der Waals surface area contributed by atoms with E-state index < -0.39 is 11.9 Å². The Morgan fingerprint density at radius 1 is 1.32 bits per heavy atom. The molecule has 1 heterocycles. The summed E-state index contributed by atoms with van der Waals surface area (Å²) in [6.07, 6.45) is 1.22. The summed E-state index contributed by atoms with van der Waals surface area (Å²) in [4.78, 5) is 12.2. The predicted octanol–water partition coefficient (Wildman–Crippen LogP) is 2.78. The van der Waals surface area contributed by atoms with Gasteiger partial charge in [0.15, 0.2) is 5.79 Å². The summed E-state index contributed by atoms with van der Waals surface area (Å²) in [5.41, 5.74) is 0.940. The van der Waals surface area contributed by atoms with Gasteiger partial charge in [0.05, 0.1) is 18.8 Å². The van der Waals surface area contributed by atoms with Gasteiger partial charge < -0.3 is 24.3 Å². The van der Waals surface area contributed by atoms with Crippen LogP contribution in [-0.4, -0.2) is 42.8 Å². The van der Waals surface area contributed by atoms with Crippen molar-refractivity contribution in [2.45, 2.75) is 57.0 Å². The summed E-state index contributed by atoms with van der Waals surface area (Å²) in [6.45, 7) is 8.06. The van der Waals surface area contributed by atoms with Crippen LogP contribution < -0.4 is 5.32 Å². The molecule has 4 atom stereocenters. The van der Waals surface area contributed by atoms with Crippen LogP contribution in [0.5, 0.6) is 0 Å². The minimum atomic E-state index is -0.695. The van der Waals surface area contributed by atoms with Crippen molar-refractivity contribution in [3.05, 3.63) is 48.6 Å². The SMILES string of the molecule is C=CCO[C@H]1C[C@@H](NC(=O)OCc2ccccc2)[C@@H]2OC(C)(C)OC12. The molecule has 3 rings (SSSR count). The number of carbonyl (C=O) groups is 1. The molecule has 0 spiro atoms. The van der Waals surface area contributed by atoms with Gasteiger partial charge in [0.2, 0.25) is 0 Å². The molecule has 1 saturated carbocycles. The van der Waals surface area contributed by atoms with Gasteiger partial charge in [-0.05, 0) is 25.8 Å². The number of nitrogens with one attached hydrogen (secondary N) is 1. The third kappa shape index (κ3) is 4.39. The van der Waals surface area contributed by atoms with Crippen molar-refractivity contribution in [1.82, 2.24) is 5.32 Å². The van der Waals surface area contributed by atoms with Gasteiger partial charge in [0.25, 0.3) is 0 Å². The number of amides is 1. The highest BCUT2D eigenvalue weighted by Crippen LogP contribution is 2.39. The van der Waals surface area contributed by atoms with E-state index >= 15 is 0 Å². The van der Waals surface area contributed by atoms with Crippen LogP contribution in [0.1, 0.15) is 25.8 Å². The van der Waals surface area contributed by atoms with Crippen LogP contribution in [0, 0.1) is 0 Å². The maximum atomic E-state index is 12.2. The second-order valence-electron chi connectivity index (χ2n) is 6.77. The Labute approximate surface area is 148 Å². The third-order valence-electron chi connectivity index (χ3n) is 4.36. The number of carbonyl (C=O) groups excluding carboxylic acids is 1. The van der Waals surface area contributed by atoms with Crippen LogP contribution in [0.3, 0.4) is 0 Å². The Morgan fingerprint density at radius 2 is 2.04 bits per heavy atom. The van der Waals surface area contributed by atoms with E-state index in [9.17, 15) is 4.79 Å². The van der Waals surface area contributed by atoms with Gasteiger partial charge >= 0.3 is 6.09 Å². The molecule has 1 aliphatic carbocycles. The van der Waals surface area contributed by atoms with Crippen molar-refractivity contribution in [2.24, 2.45) is 0 Å². The second-order valence-corrected chi connectivity index (χ2v) is 6.77. The standard InChI is InChI=1S/C19H25NO5/c1-4-10-22-15-11-14(16-17(15)25-19(2,3)24-16)20-18(21)23-12-13-8-6-5-7-9-13/h4-9,14-17H,1,10-12H2,2-3H3,(H,20,21)/t14-,15+,16+,17?/m1/s1. The summed E-state index contributed by atoms with van der Waals surface area (Å²) in [7, 11) is 0. The lowest BCUT2D eigenvalue weighted by atomic mass is 10.2. The Hall–Kier alpha value is -1.89. The summed E-state index contributed by atoms with van der Waals surface area (Å²) in [6, 6.07) is 9.34. The highest BCUT2D eigenvalue weighted by atomic mass is 16.8. The molecule has 2 fully saturated rings. The smallest absolute Gasteiger partial charge is 0.407 e. The molecule has 1 amide bonds. The Bertz CT molecular complexity index is 603. The Kier molecular flexibility index (Phi) is 5.42. The molecule has 1 aromatic rings. The molecule has 1 unspecified atom stereocenters. The largest absolute Gasteiger partial charge is 0.445 e. The summed E-state index contributed by atoms with van der Waals surface area (Å²) < 4.78 is 23.0. The molecule has 136 valence electrons. The molecule has 1 N–H and O–H groups in total. The lowest BCUT2D eigenvalue weighted by Gasteiger charge is -2.23. The number of fused-ring (bicyclic) bond motifs is 1. The first kappa shape index (κ1) is 17.9. The first-order chi connectivity index (χ1) is 12.0. The zero-order valence-corrected chi connectivity index (χ0v) is 14.6. The third-order valence-corrected chi connectivity index (χ3v) is 4.36. The van der Waals surface area contributed by atoms with Crippen LogP contribution in [-0.2, 0) is 25.6 Å². The lowest BCUT2D eigenvalue weighted by molar-refractivity contribution is -0.167. The minimum absolute atomic E-state index is 0.149. The van der Waals surface area contributed by atoms with Crippen LogP contribution in [0.25, 0.3) is 0 Å². The van der Waals surface area contributed by atoms with Crippen LogP contribution in [0.15, 0.2) is 43.0 Å². The highest BCUT2D eigenvalue weighted by molar-refractivity contribution is 5.67. The monoisotopic (exact) mass is 347 g/mol. The molecular weight excluding hydrogens is 322 g/mol. The Balaban J connectivity index is 1.57. The van der Waals surface area contributed by atoms with E-state index in [0.717, 1.165) is 5.56 Å². The van der Waals surface area contributed by atoms with E-state index in [4.69, 9.17) is 18.9 Å². The summed E-state index contributed by atoms with van der Waals surface area (Å²) >= 11 is 0. The molecule has 1 aliphatic heterocycles. The van der Waals surface area contributed by atoms with Gasteiger partial charge in [-0.15, -0.1) is 6.58 Å². The van der Waals surface area contributed by atoms with Gasteiger partial charge in [0, 0.05) is 0 Å². The van der Waals surface area contributed by atoms with Gasteiger partial charge in [-0.1, -0.05) is 36.4 Å². The Morgan fingerprint density at radius 3 is 2.76 bits per heavy atom. The number of ether oxygens (including phenoxy) is 4. The number of benzene rings is 1. The van der Waals surface area contributed by atoms with Crippen LogP contribution in [0.2, 0.25) is 0 Å². The van der Waals surface area contributed by atoms with Crippen molar-refractivity contribution >= 4 is 6.09 Å². The zero-order chi connectivity index (χ0) is 17.9. The number of alkyl carbamates (subject to hydrolysis) is 1. The minimum Gasteiger partial charge on any atom is -0.445 e. The summed E-state index contributed by atoms with van der Waals surface area (Å²) in [5, 5.41) is 2.89. The first-order valence-corrected chi connectivity index (χ1v) is 8.54. The summed E-state index contributed by atoms with van der Waals surface area (Å²) in [5.74, 6) is -0.695. The number of hydrogen-bond donors (Lipinski definition) is 1. The molecular formula is C19H25NO5. The van der Waals surface area contributed by atoms with Crippen LogP contribution in [0.4, 0.5) is 4.79 Å². The molecule has 2 aliphatic rings. The van der Waals surface area contributed by atoms with Crippen molar-refractivity contribution in [3.63, 3.8) is 0 Å². The fraction of sp³-hybridized carbons (Fsp3) is 0.526. The lowest BCUT2D eigenvalue weighted by Crippen LogP contribution is -2.43. The molecule has 6 heteroatoms. The van der Waals surface area contributed by atoms with E-state index in [0.29, 0.717) is 13.0 Å². The molecule has 0 bridgehead atoms. The average molecular weight is 347 g/mol. The fourth-order valence-corrected chi connectivity index (χ4v) is 3.35. The number of hydrogen-bond acceptors (Lipinski definition) is 5. The molecule has 6 nitrogen and oxygen atoms in total. The van der Waals surface area contributed by atoms with Gasteiger partial charge in [-0.3, -0.25) is 0 Å². The van der Waals surface area contributed by atoms with Crippen LogP contribution >= 0.6 is 0 Å². The first-order valence-electron chi connectivity index (χ1n) is 8.54. The van der Waals surface area contributed by atoms with Gasteiger partial charge in [0.1, 0.15) is 18.8 Å². The van der Waals surface area contributed by atoms with Gasteiger partial charge in [-0.25, -0.2) is 4.79 Å². The quantitative estimate of drug-likeness (QED) is 0.802. The van der Waals surface area contributed by atoms with E-state index in [1.54, 1.807) is 6.08 Å². The predicted molar refractivity (Wildman–Crippen MR) is 91.9 cm³/mol. The van der Waals surface area contributed by atoms with E-state index in [2.05, 4.69) is 11.9 Å². The fourth-order valence-electron chi connectivity index (χ4n) is 3.35. The number of rotatable bonds is 6. The molecule has 0 aromatic heterocycles. The topological polar surface area (TPSA) is 66.0 Å². The van der Waals surface area contributed by atoms with E-state index in [1.807, 2.05) is 44.2 Å². The molecule has 1 saturated heterocycles. The van der Waals surface area contributed by atoms with Crippen molar-refractivity contribution in [2.75, 3.05) is 6.61 Å². The maximum absolute atomic E-state index is 12.2. The zero-order valence-electron chi connectivity index (χ0n) is 14.6. The highest BCUT2D eigenvalue weighted by Gasteiger charge is 2.55. The van der Waals surface area contributed by atoms with Gasteiger partial charge in [-0.2, -0.15) is 0 Å². The molecule has 1 aromatic carbocycles. The molecule has 25 heavy (non-hydrogen) atoms. The van der Waals surface area contributed by atoms with E-state index in [-0.39, 0.29) is 31.0 Å². The average Bonchev–Trinajstić information content (AvgIpc) is 3.06. The van der Waals surface area contributed by atoms with Crippen molar-refractivity contribution < 1.29 is 23.7 Å². The molecule has 0 radical (unpaired) electrons.